The fraction of sp³-hybridized carbons (Fsp3) is 0.417. The number of aromatic nitrogens is 1. The second kappa shape index (κ2) is 5.98. The van der Waals surface area contributed by atoms with Crippen molar-refractivity contribution in [3.63, 3.8) is 0 Å². The highest BCUT2D eigenvalue weighted by Crippen LogP contribution is 2.10. The summed E-state index contributed by atoms with van der Waals surface area (Å²) in [6, 6.07) is 3.26. The smallest absolute Gasteiger partial charge is 0.309 e. The topological polar surface area (TPSA) is 79.3 Å². The Labute approximate surface area is 99.9 Å². The molecule has 0 spiro atoms. The minimum Gasteiger partial charge on any atom is -0.481 e. The van der Waals surface area contributed by atoms with Crippen molar-refractivity contribution in [2.75, 3.05) is 5.32 Å². The quantitative estimate of drug-likeness (QED) is 0.815. The van der Waals surface area contributed by atoms with Gasteiger partial charge in [0.1, 0.15) is 0 Å². The van der Waals surface area contributed by atoms with Gasteiger partial charge >= 0.3 is 5.97 Å². The number of amides is 1. The summed E-state index contributed by atoms with van der Waals surface area (Å²) in [4.78, 5) is 26.0. The van der Waals surface area contributed by atoms with Gasteiger partial charge in [0.15, 0.2) is 0 Å². The predicted octanol–water partition coefficient (Wildman–Crippen LogP) is 1.69. The van der Waals surface area contributed by atoms with E-state index in [0.717, 1.165) is 6.42 Å². The van der Waals surface area contributed by atoms with Crippen LogP contribution in [0.5, 0.6) is 0 Å². The van der Waals surface area contributed by atoms with E-state index in [1.807, 2.05) is 13.8 Å². The van der Waals surface area contributed by atoms with E-state index in [1.54, 1.807) is 12.1 Å². The maximum atomic E-state index is 11.6. The Bertz CT molecular complexity index is 401. The first-order chi connectivity index (χ1) is 8.02. The van der Waals surface area contributed by atoms with E-state index in [9.17, 15) is 9.59 Å². The van der Waals surface area contributed by atoms with Crippen molar-refractivity contribution in [1.29, 1.82) is 0 Å². The lowest BCUT2D eigenvalue weighted by molar-refractivity contribution is -0.136. The lowest BCUT2D eigenvalue weighted by atomic mass is 10.1. The number of rotatable bonds is 5. The molecule has 0 aliphatic rings. The zero-order valence-electron chi connectivity index (χ0n) is 9.93. The Morgan fingerprint density at radius 2 is 2.18 bits per heavy atom. The fourth-order valence-corrected chi connectivity index (χ4v) is 1.21. The summed E-state index contributed by atoms with van der Waals surface area (Å²) in [5.74, 6) is -1.03. The van der Waals surface area contributed by atoms with Gasteiger partial charge in [-0.15, -0.1) is 0 Å². The number of anilines is 1. The van der Waals surface area contributed by atoms with E-state index in [4.69, 9.17) is 5.11 Å². The number of pyridine rings is 1. The van der Waals surface area contributed by atoms with Crippen LogP contribution in [-0.2, 0) is 16.0 Å². The third kappa shape index (κ3) is 4.22. The van der Waals surface area contributed by atoms with Gasteiger partial charge in [0.2, 0.25) is 5.91 Å². The number of hydrogen-bond donors (Lipinski definition) is 2. The zero-order valence-corrected chi connectivity index (χ0v) is 9.93. The number of carboxylic acid groups (broad SMARTS) is 1. The molecule has 1 aromatic rings. The molecule has 1 heterocycles. The van der Waals surface area contributed by atoms with Crippen LogP contribution in [0.4, 0.5) is 5.69 Å². The third-order valence-electron chi connectivity index (χ3n) is 2.48. The van der Waals surface area contributed by atoms with Gasteiger partial charge in [-0.3, -0.25) is 14.6 Å². The summed E-state index contributed by atoms with van der Waals surface area (Å²) in [5, 5.41) is 11.3. The van der Waals surface area contributed by atoms with Crippen LogP contribution in [0, 0.1) is 5.92 Å². The molecule has 1 atom stereocenters. The number of carbonyl (C=O) groups excluding carboxylic acids is 1. The summed E-state index contributed by atoms with van der Waals surface area (Å²) in [6.45, 7) is 3.79. The largest absolute Gasteiger partial charge is 0.481 e. The molecule has 1 amide bonds. The van der Waals surface area contributed by atoms with Crippen molar-refractivity contribution in [2.24, 2.45) is 5.92 Å². The minimum absolute atomic E-state index is 0.0475. The van der Waals surface area contributed by atoms with Crippen LogP contribution in [0.1, 0.15) is 26.0 Å². The van der Waals surface area contributed by atoms with E-state index in [2.05, 4.69) is 10.3 Å². The normalized spacial score (nSPS) is 11.9. The van der Waals surface area contributed by atoms with Gasteiger partial charge in [-0.25, -0.2) is 0 Å². The molecular weight excluding hydrogens is 220 g/mol. The van der Waals surface area contributed by atoms with Gasteiger partial charge in [0.25, 0.3) is 0 Å². The standard InChI is InChI=1S/C12H16N2O3/c1-3-8(2)12(17)14-10-5-4-9(13-7-10)6-11(15)16/h4-5,7-8H,3,6H2,1-2H3,(H,14,17)(H,15,16). The minimum atomic E-state index is -0.922. The van der Waals surface area contributed by atoms with E-state index < -0.39 is 5.97 Å². The molecule has 2 N–H and O–H groups in total. The van der Waals surface area contributed by atoms with Crippen LogP contribution in [-0.4, -0.2) is 22.0 Å². The van der Waals surface area contributed by atoms with Gasteiger partial charge in [-0.05, 0) is 18.6 Å². The highest BCUT2D eigenvalue weighted by molar-refractivity contribution is 5.92. The summed E-state index contributed by atoms with van der Waals surface area (Å²) < 4.78 is 0. The van der Waals surface area contributed by atoms with Crippen LogP contribution in [0.3, 0.4) is 0 Å². The summed E-state index contributed by atoms with van der Waals surface area (Å²) >= 11 is 0. The molecule has 5 nitrogen and oxygen atoms in total. The molecule has 0 fully saturated rings. The molecule has 0 radical (unpaired) electrons. The molecule has 1 unspecified atom stereocenters. The first-order valence-electron chi connectivity index (χ1n) is 5.50. The monoisotopic (exact) mass is 236 g/mol. The number of nitrogens with zero attached hydrogens (tertiary/aromatic N) is 1. The van der Waals surface area contributed by atoms with Crippen molar-refractivity contribution in [1.82, 2.24) is 4.98 Å². The van der Waals surface area contributed by atoms with Crippen molar-refractivity contribution >= 4 is 17.6 Å². The molecule has 0 aromatic carbocycles. The molecule has 1 aromatic heterocycles. The molecular formula is C12H16N2O3. The lowest BCUT2D eigenvalue weighted by Gasteiger charge is -2.09. The van der Waals surface area contributed by atoms with Crippen LogP contribution < -0.4 is 5.32 Å². The lowest BCUT2D eigenvalue weighted by Crippen LogP contribution is -2.19. The van der Waals surface area contributed by atoms with Crippen molar-refractivity contribution in [2.45, 2.75) is 26.7 Å². The average molecular weight is 236 g/mol. The van der Waals surface area contributed by atoms with Gasteiger partial charge in [0.05, 0.1) is 24.0 Å². The molecule has 0 bridgehead atoms. The highest BCUT2D eigenvalue weighted by Gasteiger charge is 2.10. The fourth-order valence-electron chi connectivity index (χ4n) is 1.21. The predicted molar refractivity (Wildman–Crippen MR) is 63.7 cm³/mol. The van der Waals surface area contributed by atoms with E-state index in [1.165, 1.54) is 6.20 Å². The highest BCUT2D eigenvalue weighted by atomic mass is 16.4. The molecule has 0 saturated heterocycles. The first-order valence-corrected chi connectivity index (χ1v) is 5.50. The van der Waals surface area contributed by atoms with Gasteiger partial charge in [0, 0.05) is 5.92 Å². The number of carboxylic acids is 1. The number of nitrogens with one attached hydrogen (secondary N) is 1. The SMILES string of the molecule is CCC(C)C(=O)Nc1ccc(CC(=O)O)nc1. The Kier molecular flexibility index (Phi) is 4.63. The number of aliphatic carboxylic acids is 1. The van der Waals surface area contributed by atoms with Crippen LogP contribution >= 0.6 is 0 Å². The van der Waals surface area contributed by atoms with Crippen molar-refractivity contribution in [3.8, 4) is 0 Å². The summed E-state index contributed by atoms with van der Waals surface area (Å²) in [5.41, 5.74) is 1.06. The second-order valence-corrected chi connectivity index (χ2v) is 3.91. The maximum Gasteiger partial charge on any atom is 0.309 e. The molecule has 92 valence electrons. The zero-order chi connectivity index (χ0) is 12.8. The Morgan fingerprint density at radius 1 is 1.47 bits per heavy atom. The van der Waals surface area contributed by atoms with E-state index in [-0.39, 0.29) is 18.2 Å². The van der Waals surface area contributed by atoms with Crippen LogP contribution in [0.2, 0.25) is 0 Å². The van der Waals surface area contributed by atoms with E-state index >= 15 is 0 Å². The third-order valence-corrected chi connectivity index (χ3v) is 2.48. The molecule has 0 saturated carbocycles. The second-order valence-electron chi connectivity index (χ2n) is 3.91. The Hall–Kier alpha value is -1.91. The van der Waals surface area contributed by atoms with Crippen LogP contribution in [0.25, 0.3) is 0 Å². The van der Waals surface area contributed by atoms with Crippen molar-refractivity contribution < 1.29 is 14.7 Å². The molecule has 17 heavy (non-hydrogen) atoms. The summed E-state index contributed by atoms with van der Waals surface area (Å²) in [7, 11) is 0. The van der Waals surface area contributed by atoms with Gasteiger partial charge in [-0.2, -0.15) is 0 Å². The molecule has 1 rings (SSSR count). The maximum absolute atomic E-state index is 11.6. The Balaban J connectivity index is 2.62. The van der Waals surface area contributed by atoms with Gasteiger partial charge < -0.3 is 10.4 Å². The van der Waals surface area contributed by atoms with E-state index in [0.29, 0.717) is 11.4 Å². The molecule has 0 aliphatic carbocycles. The number of hydrogen-bond acceptors (Lipinski definition) is 3. The first kappa shape index (κ1) is 13.2. The molecule has 5 heteroatoms. The van der Waals surface area contributed by atoms with Crippen molar-refractivity contribution in [3.05, 3.63) is 24.0 Å². The van der Waals surface area contributed by atoms with Gasteiger partial charge in [-0.1, -0.05) is 13.8 Å². The van der Waals surface area contributed by atoms with Crippen LogP contribution in [0.15, 0.2) is 18.3 Å². The molecule has 0 aliphatic heterocycles. The number of carbonyl (C=O) groups is 2. The Morgan fingerprint density at radius 3 is 2.65 bits per heavy atom. The summed E-state index contributed by atoms with van der Waals surface area (Å²) in [6.07, 6.45) is 2.13. The average Bonchev–Trinajstić information content (AvgIpc) is 2.30.